The molecule has 0 saturated carbocycles. The first kappa shape index (κ1) is 14.2. The molecule has 1 N–H and O–H groups in total. The third-order valence-corrected chi connectivity index (χ3v) is 4.23. The van der Waals surface area contributed by atoms with E-state index in [1.54, 1.807) is 0 Å². The van der Waals surface area contributed by atoms with Gasteiger partial charge < -0.3 is 5.11 Å². The van der Waals surface area contributed by atoms with Crippen molar-refractivity contribution in [2.24, 2.45) is 5.92 Å². The molecule has 0 aromatic heterocycles. The molecule has 8 heteroatoms. The van der Waals surface area contributed by atoms with E-state index < -0.39 is 22.2 Å². The molecule has 2 saturated heterocycles. The normalized spacial score (nSPS) is 39.1. The molecule has 2 aliphatic rings. The van der Waals surface area contributed by atoms with Gasteiger partial charge in [0.15, 0.2) is 0 Å². The van der Waals surface area contributed by atoms with Crippen LogP contribution in [0.15, 0.2) is 0 Å². The van der Waals surface area contributed by atoms with Crippen LogP contribution in [0.3, 0.4) is 0 Å². The average molecular weight is 282 g/mol. The number of unbranched alkanes of at least 4 members (excludes halogenated alkanes) is 1. The summed E-state index contributed by atoms with van der Waals surface area (Å²) in [5.41, 5.74) is 0. The number of hydrogen-bond acceptors (Lipinski definition) is 7. The summed E-state index contributed by atoms with van der Waals surface area (Å²) < 4.78 is 31.5. The van der Waals surface area contributed by atoms with Crippen molar-refractivity contribution in [3.8, 4) is 0 Å². The van der Waals surface area contributed by atoms with Crippen molar-refractivity contribution in [2.45, 2.75) is 57.7 Å². The molecule has 2 aliphatic heterocycles. The first-order valence-electron chi connectivity index (χ1n) is 6.12. The van der Waals surface area contributed by atoms with Crippen LogP contribution < -0.4 is 0 Å². The molecule has 106 valence electrons. The maximum Gasteiger partial charge on any atom is 0.407 e. The zero-order valence-corrected chi connectivity index (χ0v) is 11.2. The average Bonchev–Trinajstić information content (AvgIpc) is 2.42. The maximum absolute atomic E-state index is 11.2. The molecule has 2 fully saturated rings. The van der Waals surface area contributed by atoms with Crippen LogP contribution in [0, 0.1) is 5.92 Å². The summed E-state index contributed by atoms with van der Waals surface area (Å²) in [6.45, 7) is 4.06. The van der Waals surface area contributed by atoms with E-state index in [1.165, 1.54) is 0 Å². The Bertz CT molecular complexity index is 408. The zero-order chi connectivity index (χ0) is 13.4. The van der Waals surface area contributed by atoms with Gasteiger partial charge >= 0.3 is 22.2 Å². The van der Waals surface area contributed by atoms with Crippen LogP contribution in [-0.2, 0) is 28.5 Å². The van der Waals surface area contributed by atoms with Crippen LogP contribution in [0.4, 0.5) is 0 Å². The Kier molecular flexibility index (Phi) is 3.69. The lowest BCUT2D eigenvalue weighted by Gasteiger charge is -2.43. The van der Waals surface area contributed by atoms with Gasteiger partial charge in [0.25, 0.3) is 0 Å². The molecule has 0 bridgehead atoms. The summed E-state index contributed by atoms with van der Waals surface area (Å²) >= 11 is 0. The summed E-state index contributed by atoms with van der Waals surface area (Å²) in [7, 11) is -4.27. The Morgan fingerprint density at radius 1 is 1.22 bits per heavy atom. The molecular formula is C10H18O7S. The van der Waals surface area contributed by atoms with E-state index in [0.717, 1.165) is 25.7 Å². The SMILES string of the molecule is CCCCC(CC)CC12OOC1(O)OS(=O)(=O)O2. The van der Waals surface area contributed by atoms with Crippen molar-refractivity contribution in [2.75, 3.05) is 0 Å². The van der Waals surface area contributed by atoms with Gasteiger partial charge in [-0.25, -0.2) is 4.18 Å². The minimum atomic E-state index is -4.27. The molecule has 0 aliphatic carbocycles. The highest BCUT2D eigenvalue weighted by molar-refractivity contribution is 7.82. The first-order chi connectivity index (χ1) is 8.36. The molecule has 0 aromatic rings. The molecule has 0 spiro atoms. The number of fused-ring (bicyclic) bond motifs is 1. The van der Waals surface area contributed by atoms with Crippen molar-refractivity contribution in [1.29, 1.82) is 0 Å². The van der Waals surface area contributed by atoms with E-state index in [4.69, 9.17) is 9.07 Å². The van der Waals surface area contributed by atoms with Gasteiger partial charge in [0, 0.05) is 6.42 Å². The van der Waals surface area contributed by atoms with Gasteiger partial charge in [-0.3, -0.25) is 0 Å². The van der Waals surface area contributed by atoms with Crippen molar-refractivity contribution in [3.05, 3.63) is 0 Å². The number of rotatable bonds is 6. The third kappa shape index (κ3) is 2.28. The van der Waals surface area contributed by atoms with Crippen LogP contribution in [0.5, 0.6) is 0 Å². The maximum atomic E-state index is 11.2. The van der Waals surface area contributed by atoms with Gasteiger partial charge in [0.1, 0.15) is 0 Å². The number of aliphatic hydroxyl groups is 1. The van der Waals surface area contributed by atoms with Crippen LogP contribution in [0.25, 0.3) is 0 Å². The quantitative estimate of drug-likeness (QED) is 0.731. The fourth-order valence-corrected chi connectivity index (χ4v) is 3.19. The highest BCUT2D eigenvalue weighted by Crippen LogP contribution is 2.52. The van der Waals surface area contributed by atoms with Gasteiger partial charge in [-0.1, -0.05) is 39.5 Å². The van der Waals surface area contributed by atoms with Crippen molar-refractivity contribution in [3.63, 3.8) is 0 Å². The molecule has 0 radical (unpaired) electrons. The Balaban J connectivity index is 2.08. The minimum Gasteiger partial charge on any atom is -0.336 e. The lowest BCUT2D eigenvalue weighted by atomic mass is 9.90. The Morgan fingerprint density at radius 3 is 2.39 bits per heavy atom. The predicted molar refractivity (Wildman–Crippen MR) is 58.9 cm³/mol. The molecule has 7 nitrogen and oxygen atoms in total. The molecular weight excluding hydrogens is 264 g/mol. The Hall–Kier alpha value is -0.250. The molecule has 3 atom stereocenters. The van der Waals surface area contributed by atoms with Crippen LogP contribution in [0.2, 0.25) is 0 Å². The second kappa shape index (κ2) is 4.69. The number of hydrogen-bond donors (Lipinski definition) is 1. The van der Waals surface area contributed by atoms with E-state index in [-0.39, 0.29) is 12.3 Å². The Labute approximate surface area is 106 Å². The molecule has 3 unspecified atom stereocenters. The molecule has 2 rings (SSSR count). The highest BCUT2D eigenvalue weighted by atomic mass is 32.3. The second-order valence-corrected chi connectivity index (χ2v) is 5.85. The van der Waals surface area contributed by atoms with E-state index in [9.17, 15) is 13.5 Å². The topological polar surface area (TPSA) is 91.3 Å². The molecule has 18 heavy (non-hydrogen) atoms. The zero-order valence-electron chi connectivity index (χ0n) is 10.4. The summed E-state index contributed by atoms with van der Waals surface area (Å²) in [4.78, 5) is 9.08. The van der Waals surface area contributed by atoms with Crippen LogP contribution >= 0.6 is 0 Å². The first-order valence-corrected chi connectivity index (χ1v) is 7.45. The molecule has 0 aromatic carbocycles. The van der Waals surface area contributed by atoms with Crippen LogP contribution in [0.1, 0.15) is 46.0 Å². The van der Waals surface area contributed by atoms with Gasteiger partial charge in [-0.05, 0) is 5.92 Å². The Morgan fingerprint density at radius 2 is 1.94 bits per heavy atom. The van der Waals surface area contributed by atoms with Crippen LogP contribution in [-0.4, -0.2) is 25.3 Å². The van der Waals surface area contributed by atoms with Gasteiger partial charge in [0.2, 0.25) is 0 Å². The largest absolute Gasteiger partial charge is 0.407 e. The third-order valence-electron chi connectivity index (χ3n) is 3.32. The highest BCUT2D eigenvalue weighted by Gasteiger charge is 2.77. The smallest absolute Gasteiger partial charge is 0.336 e. The fourth-order valence-electron chi connectivity index (χ4n) is 2.19. The monoisotopic (exact) mass is 282 g/mol. The lowest BCUT2D eigenvalue weighted by molar-refractivity contribution is -0.674. The summed E-state index contributed by atoms with van der Waals surface area (Å²) in [5.74, 6) is -3.93. The van der Waals surface area contributed by atoms with Gasteiger partial charge in [-0.15, -0.1) is 0 Å². The summed E-state index contributed by atoms with van der Waals surface area (Å²) in [5, 5.41) is 9.83. The molecule has 2 heterocycles. The lowest BCUT2D eigenvalue weighted by Crippen LogP contribution is -2.65. The van der Waals surface area contributed by atoms with Crippen molar-refractivity contribution in [1.82, 2.24) is 0 Å². The van der Waals surface area contributed by atoms with Crippen molar-refractivity contribution >= 4 is 10.4 Å². The summed E-state index contributed by atoms with van der Waals surface area (Å²) in [6, 6.07) is 0. The van der Waals surface area contributed by atoms with E-state index in [0.29, 0.717) is 0 Å². The van der Waals surface area contributed by atoms with Gasteiger partial charge in [0.05, 0.1) is 0 Å². The van der Waals surface area contributed by atoms with E-state index >= 15 is 0 Å². The molecule has 0 amide bonds. The standard InChI is InChI=1S/C10H18O7S/c1-3-5-6-8(4-2)7-9-10(11,15-14-9)17-18(12,13)16-9/h8,11H,3-7H2,1-2H3. The predicted octanol–water partition coefficient (Wildman–Crippen LogP) is 1.19. The minimum absolute atomic E-state index is 0.164. The fraction of sp³-hybridized carbons (Fsp3) is 1.00. The van der Waals surface area contributed by atoms with E-state index in [1.807, 2.05) is 6.92 Å². The van der Waals surface area contributed by atoms with E-state index in [2.05, 4.69) is 16.0 Å². The second-order valence-electron chi connectivity index (χ2n) is 4.70. The summed E-state index contributed by atoms with van der Waals surface area (Å²) in [6.07, 6.45) is 3.99. The van der Waals surface area contributed by atoms with Crippen molar-refractivity contribution < 1.29 is 31.7 Å². The van der Waals surface area contributed by atoms with Gasteiger partial charge in [-0.2, -0.15) is 22.4 Å².